The number of methoxy groups -OCH3 is 1. The van der Waals surface area contributed by atoms with Crippen LogP contribution in [-0.2, 0) is 0 Å². The number of hydrogen-bond acceptors (Lipinski definition) is 1. The summed E-state index contributed by atoms with van der Waals surface area (Å²) in [5, 5.41) is 0.911. The highest BCUT2D eigenvalue weighted by molar-refractivity contribution is 9.09. The molecule has 0 aromatic heterocycles. The fraction of sp³-hybridized carbons (Fsp3) is 0.455. The molecule has 0 aliphatic rings. The number of hydrogen-bond donors (Lipinski definition) is 0. The molecule has 0 aliphatic carbocycles. The molecule has 1 atom stereocenters. The Morgan fingerprint density at radius 2 is 2.21 bits per heavy atom. The van der Waals surface area contributed by atoms with Crippen molar-refractivity contribution in [1.82, 2.24) is 0 Å². The lowest BCUT2D eigenvalue weighted by molar-refractivity contribution is 0.404. The molecule has 1 aromatic carbocycles. The summed E-state index contributed by atoms with van der Waals surface area (Å²) in [6.45, 7) is 2.07. The number of halogens is 2. The van der Waals surface area contributed by atoms with Crippen LogP contribution < -0.4 is 4.74 Å². The van der Waals surface area contributed by atoms with Gasteiger partial charge >= 0.3 is 0 Å². The predicted molar refractivity (Wildman–Crippen MR) is 59.8 cm³/mol. The number of benzene rings is 1. The first-order chi connectivity index (χ1) is 6.69. The van der Waals surface area contributed by atoms with Crippen LogP contribution in [0.5, 0.6) is 5.75 Å². The van der Waals surface area contributed by atoms with E-state index in [9.17, 15) is 4.39 Å². The molecular formula is C11H14BrFO. The fourth-order valence-corrected chi connectivity index (χ4v) is 2.10. The fourth-order valence-electron chi connectivity index (χ4n) is 1.41. The molecule has 0 heterocycles. The van der Waals surface area contributed by atoms with Crippen molar-refractivity contribution in [2.75, 3.05) is 12.4 Å². The average Bonchev–Trinajstić information content (AvgIpc) is 2.18. The lowest BCUT2D eigenvalue weighted by Gasteiger charge is -2.14. The number of ether oxygens (including phenoxy) is 1. The van der Waals surface area contributed by atoms with Crippen LogP contribution in [0, 0.1) is 5.82 Å². The Morgan fingerprint density at radius 1 is 1.50 bits per heavy atom. The average molecular weight is 261 g/mol. The zero-order chi connectivity index (χ0) is 10.6. The molecule has 1 aromatic rings. The molecule has 1 rings (SSSR count). The predicted octanol–water partition coefficient (Wildman–Crippen LogP) is 3.72. The van der Waals surface area contributed by atoms with Gasteiger partial charge in [0.05, 0.1) is 7.11 Å². The maximum atomic E-state index is 13.0. The van der Waals surface area contributed by atoms with Crippen molar-refractivity contribution in [3.8, 4) is 5.75 Å². The van der Waals surface area contributed by atoms with Gasteiger partial charge in [-0.1, -0.05) is 22.9 Å². The summed E-state index contributed by atoms with van der Waals surface area (Å²) >= 11 is 3.38. The van der Waals surface area contributed by atoms with E-state index in [1.807, 2.05) is 0 Å². The van der Waals surface area contributed by atoms with Gasteiger partial charge in [-0.15, -0.1) is 0 Å². The van der Waals surface area contributed by atoms with Crippen LogP contribution in [0.3, 0.4) is 0 Å². The summed E-state index contributed by atoms with van der Waals surface area (Å²) in [6.07, 6.45) is 0.972. The molecule has 0 saturated heterocycles. The van der Waals surface area contributed by atoms with Crippen molar-refractivity contribution < 1.29 is 9.13 Å². The highest BCUT2D eigenvalue weighted by Gasteiger charge is 2.11. The van der Waals surface area contributed by atoms with E-state index in [1.54, 1.807) is 19.2 Å². The highest BCUT2D eigenvalue weighted by atomic mass is 79.9. The molecular weight excluding hydrogens is 247 g/mol. The van der Waals surface area contributed by atoms with Gasteiger partial charge in [0, 0.05) is 5.33 Å². The standard InChI is InChI=1S/C11H14BrFO/c1-8(5-6-12)10-7-9(13)3-4-11(10)14-2/h3-4,7-8H,5-6H2,1-2H3. The zero-order valence-electron chi connectivity index (χ0n) is 8.39. The zero-order valence-corrected chi connectivity index (χ0v) is 9.97. The van der Waals surface area contributed by atoms with Gasteiger partial charge in [-0.2, -0.15) is 0 Å². The maximum Gasteiger partial charge on any atom is 0.123 e. The van der Waals surface area contributed by atoms with E-state index in [0.717, 1.165) is 23.1 Å². The molecule has 14 heavy (non-hydrogen) atoms. The molecule has 0 spiro atoms. The van der Waals surface area contributed by atoms with Crippen molar-refractivity contribution in [2.45, 2.75) is 19.3 Å². The van der Waals surface area contributed by atoms with Gasteiger partial charge in [0.25, 0.3) is 0 Å². The second kappa shape index (κ2) is 5.35. The van der Waals surface area contributed by atoms with Crippen LogP contribution in [-0.4, -0.2) is 12.4 Å². The van der Waals surface area contributed by atoms with Crippen LogP contribution in [0.1, 0.15) is 24.8 Å². The SMILES string of the molecule is COc1ccc(F)cc1C(C)CCBr. The summed E-state index contributed by atoms with van der Waals surface area (Å²) in [5.74, 6) is 0.863. The van der Waals surface area contributed by atoms with Crippen molar-refractivity contribution >= 4 is 15.9 Å². The van der Waals surface area contributed by atoms with Crippen LogP contribution in [0.15, 0.2) is 18.2 Å². The molecule has 0 saturated carbocycles. The van der Waals surface area contributed by atoms with Crippen molar-refractivity contribution in [2.24, 2.45) is 0 Å². The minimum atomic E-state index is -0.206. The molecule has 1 nitrogen and oxygen atoms in total. The second-order valence-corrected chi connectivity index (χ2v) is 4.06. The summed E-state index contributed by atoms with van der Waals surface area (Å²) in [4.78, 5) is 0. The van der Waals surface area contributed by atoms with Crippen LogP contribution >= 0.6 is 15.9 Å². The van der Waals surface area contributed by atoms with E-state index in [4.69, 9.17) is 4.74 Å². The first-order valence-electron chi connectivity index (χ1n) is 4.58. The molecule has 1 unspecified atom stereocenters. The van der Waals surface area contributed by atoms with Crippen LogP contribution in [0.4, 0.5) is 4.39 Å². The first-order valence-corrected chi connectivity index (χ1v) is 5.70. The molecule has 0 amide bonds. The maximum absolute atomic E-state index is 13.0. The Kier molecular flexibility index (Phi) is 4.39. The van der Waals surface area contributed by atoms with Crippen molar-refractivity contribution in [3.63, 3.8) is 0 Å². The van der Waals surface area contributed by atoms with Gasteiger partial charge in [-0.25, -0.2) is 4.39 Å². The van der Waals surface area contributed by atoms with E-state index in [0.29, 0.717) is 5.92 Å². The Morgan fingerprint density at radius 3 is 2.79 bits per heavy atom. The van der Waals surface area contributed by atoms with Crippen LogP contribution in [0.25, 0.3) is 0 Å². The van der Waals surface area contributed by atoms with Crippen molar-refractivity contribution in [3.05, 3.63) is 29.6 Å². The highest BCUT2D eigenvalue weighted by Crippen LogP contribution is 2.29. The minimum absolute atomic E-state index is 0.206. The van der Waals surface area contributed by atoms with Gasteiger partial charge in [-0.3, -0.25) is 0 Å². The molecule has 0 radical (unpaired) electrons. The Bertz CT molecular complexity index is 301. The molecule has 3 heteroatoms. The quantitative estimate of drug-likeness (QED) is 0.750. The molecule has 0 bridgehead atoms. The smallest absolute Gasteiger partial charge is 0.123 e. The summed E-state index contributed by atoms with van der Waals surface area (Å²) in [5.41, 5.74) is 0.937. The van der Waals surface area contributed by atoms with E-state index < -0.39 is 0 Å². The van der Waals surface area contributed by atoms with Crippen LogP contribution in [0.2, 0.25) is 0 Å². The van der Waals surface area contributed by atoms with Crippen molar-refractivity contribution in [1.29, 1.82) is 0 Å². The normalized spacial score (nSPS) is 12.6. The second-order valence-electron chi connectivity index (χ2n) is 3.26. The van der Waals surface area contributed by atoms with Gasteiger partial charge in [0.2, 0.25) is 0 Å². The topological polar surface area (TPSA) is 9.23 Å². The molecule has 78 valence electrons. The molecule has 0 aliphatic heterocycles. The first kappa shape index (κ1) is 11.5. The largest absolute Gasteiger partial charge is 0.496 e. The number of rotatable bonds is 4. The Balaban J connectivity index is 2.97. The van der Waals surface area contributed by atoms with E-state index >= 15 is 0 Å². The lowest BCUT2D eigenvalue weighted by atomic mass is 9.97. The van der Waals surface area contributed by atoms with E-state index in [-0.39, 0.29) is 5.82 Å². The third-order valence-corrected chi connectivity index (χ3v) is 2.72. The Labute approximate surface area is 92.4 Å². The monoisotopic (exact) mass is 260 g/mol. The lowest BCUT2D eigenvalue weighted by Crippen LogP contribution is -1.99. The summed E-state index contributed by atoms with van der Waals surface area (Å²) in [7, 11) is 1.61. The minimum Gasteiger partial charge on any atom is -0.496 e. The Hall–Kier alpha value is -0.570. The van der Waals surface area contributed by atoms with Gasteiger partial charge in [0.1, 0.15) is 11.6 Å². The van der Waals surface area contributed by atoms with Gasteiger partial charge in [-0.05, 0) is 36.1 Å². The van der Waals surface area contributed by atoms with E-state index in [1.165, 1.54) is 6.07 Å². The number of alkyl halides is 1. The third-order valence-electron chi connectivity index (χ3n) is 2.26. The summed E-state index contributed by atoms with van der Waals surface area (Å²) in [6, 6.07) is 4.64. The van der Waals surface area contributed by atoms with E-state index in [2.05, 4.69) is 22.9 Å². The third kappa shape index (κ3) is 2.71. The summed E-state index contributed by atoms with van der Waals surface area (Å²) < 4.78 is 18.2. The molecule has 0 fully saturated rings. The molecule has 0 N–H and O–H groups in total. The van der Waals surface area contributed by atoms with Gasteiger partial charge in [0.15, 0.2) is 0 Å². The van der Waals surface area contributed by atoms with Gasteiger partial charge < -0.3 is 4.74 Å².